The first kappa shape index (κ1) is 17.2. The van der Waals surface area contributed by atoms with Crippen LogP contribution in [-0.4, -0.2) is 20.5 Å². The second-order valence-electron chi connectivity index (χ2n) is 6.68. The molecule has 2 N–H and O–H groups in total. The quantitative estimate of drug-likeness (QED) is 0.679. The van der Waals surface area contributed by atoms with Crippen LogP contribution in [0.3, 0.4) is 0 Å². The molecule has 0 saturated carbocycles. The molecule has 0 atom stereocenters. The van der Waals surface area contributed by atoms with Crippen LogP contribution in [-0.2, 0) is 0 Å². The zero-order valence-corrected chi connectivity index (χ0v) is 15.2. The van der Waals surface area contributed by atoms with Crippen molar-refractivity contribution in [1.82, 2.24) is 15.0 Å². The van der Waals surface area contributed by atoms with E-state index in [4.69, 9.17) is 11.6 Å². The van der Waals surface area contributed by atoms with E-state index in [1.54, 1.807) is 12.4 Å². The number of nitrogens with zero attached hydrogens (tertiary/aromatic N) is 3. The van der Waals surface area contributed by atoms with Gasteiger partial charge in [0.05, 0.1) is 16.4 Å². The molecule has 0 spiro atoms. The normalized spacial score (nSPS) is 11.2. The maximum atomic E-state index is 6.25. The van der Waals surface area contributed by atoms with Crippen LogP contribution in [0.5, 0.6) is 0 Å². The monoisotopic (exact) mass is 353 g/mol. The van der Waals surface area contributed by atoms with Gasteiger partial charge >= 0.3 is 0 Å². The molecule has 6 heteroatoms. The van der Waals surface area contributed by atoms with Crippen LogP contribution >= 0.6 is 11.6 Å². The Morgan fingerprint density at radius 3 is 2.36 bits per heavy atom. The maximum absolute atomic E-state index is 6.25. The highest BCUT2D eigenvalue weighted by atomic mass is 35.5. The standard InChI is InChI=1S/C19H20ClN5/c1-19(2,3)25-18-23-16(13-8-10-21-11-9-13)12-17(24-18)22-15-7-5-4-6-14(15)20/h4-12H,1-3H3,(H2,22,23,24,25). The second kappa shape index (κ2) is 7.07. The number of benzene rings is 1. The number of para-hydroxylation sites is 1. The molecule has 0 radical (unpaired) electrons. The average molecular weight is 354 g/mol. The van der Waals surface area contributed by atoms with Gasteiger partial charge in [-0.05, 0) is 45.0 Å². The smallest absolute Gasteiger partial charge is 0.225 e. The van der Waals surface area contributed by atoms with E-state index in [-0.39, 0.29) is 5.54 Å². The molecule has 128 valence electrons. The summed E-state index contributed by atoms with van der Waals surface area (Å²) in [6, 6.07) is 13.3. The van der Waals surface area contributed by atoms with Crippen LogP contribution in [0.15, 0.2) is 54.9 Å². The van der Waals surface area contributed by atoms with Gasteiger partial charge in [-0.3, -0.25) is 4.98 Å². The molecule has 2 aromatic heterocycles. The van der Waals surface area contributed by atoms with Crippen LogP contribution in [0.2, 0.25) is 5.02 Å². The van der Waals surface area contributed by atoms with Crippen molar-refractivity contribution >= 4 is 29.1 Å². The maximum Gasteiger partial charge on any atom is 0.225 e. The summed E-state index contributed by atoms with van der Waals surface area (Å²) in [6.07, 6.45) is 3.49. The number of nitrogens with one attached hydrogen (secondary N) is 2. The molecule has 1 aromatic carbocycles. The molecule has 5 nitrogen and oxygen atoms in total. The molecule has 0 aliphatic rings. The van der Waals surface area contributed by atoms with E-state index in [0.717, 1.165) is 16.9 Å². The van der Waals surface area contributed by atoms with Gasteiger partial charge in [-0.25, -0.2) is 4.98 Å². The summed E-state index contributed by atoms with van der Waals surface area (Å²) >= 11 is 6.25. The van der Waals surface area contributed by atoms with Crippen molar-refractivity contribution in [3.8, 4) is 11.3 Å². The number of halogens is 1. The summed E-state index contributed by atoms with van der Waals surface area (Å²) in [5, 5.41) is 7.23. The predicted molar refractivity (Wildman–Crippen MR) is 103 cm³/mol. The molecule has 3 rings (SSSR count). The highest BCUT2D eigenvalue weighted by Crippen LogP contribution is 2.27. The van der Waals surface area contributed by atoms with Gasteiger partial charge in [0.2, 0.25) is 5.95 Å². The van der Waals surface area contributed by atoms with E-state index in [0.29, 0.717) is 16.8 Å². The van der Waals surface area contributed by atoms with E-state index < -0.39 is 0 Å². The second-order valence-corrected chi connectivity index (χ2v) is 7.08. The Morgan fingerprint density at radius 1 is 0.960 bits per heavy atom. The molecule has 0 aliphatic heterocycles. The van der Waals surface area contributed by atoms with Crippen molar-refractivity contribution in [3.05, 3.63) is 59.9 Å². The molecule has 2 heterocycles. The third kappa shape index (κ3) is 4.67. The largest absolute Gasteiger partial charge is 0.350 e. The number of rotatable bonds is 4. The lowest BCUT2D eigenvalue weighted by molar-refractivity contribution is 0.626. The third-order valence-electron chi connectivity index (χ3n) is 3.33. The highest BCUT2D eigenvalue weighted by molar-refractivity contribution is 6.33. The first-order valence-corrected chi connectivity index (χ1v) is 8.38. The van der Waals surface area contributed by atoms with Gasteiger partial charge in [-0.2, -0.15) is 4.98 Å². The summed E-state index contributed by atoms with van der Waals surface area (Å²) in [4.78, 5) is 13.3. The Labute approximate surface area is 152 Å². The van der Waals surface area contributed by atoms with Crippen molar-refractivity contribution in [2.75, 3.05) is 10.6 Å². The van der Waals surface area contributed by atoms with Crippen LogP contribution in [0, 0.1) is 0 Å². The van der Waals surface area contributed by atoms with Crippen molar-refractivity contribution < 1.29 is 0 Å². The molecular formula is C19H20ClN5. The number of hydrogen-bond acceptors (Lipinski definition) is 5. The van der Waals surface area contributed by atoms with Gasteiger partial charge in [-0.1, -0.05) is 23.7 Å². The van der Waals surface area contributed by atoms with Crippen LogP contribution < -0.4 is 10.6 Å². The molecule has 0 saturated heterocycles. The Balaban J connectivity index is 2.02. The fourth-order valence-electron chi connectivity index (χ4n) is 2.27. The number of hydrogen-bond donors (Lipinski definition) is 2. The van der Waals surface area contributed by atoms with Crippen molar-refractivity contribution in [1.29, 1.82) is 0 Å². The Bertz CT molecular complexity index is 859. The Kier molecular flexibility index (Phi) is 4.86. The van der Waals surface area contributed by atoms with Gasteiger partial charge in [0.15, 0.2) is 0 Å². The van der Waals surface area contributed by atoms with Gasteiger partial charge in [0.1, 0.15) is 5.82 Å². The van der Waals surface area contributed by atoms with Crippen molar-refractivity contribution in [2.24, 2.45) is 0 Å². The topological polar surface area (TPSA) is 62.7 Å². The molecule has 3 aromatic rings. The average Bonchev–Trinajstić information content (AvgIpc) is 2.56. The zero-order chi connectivity index (χ0) is 17.9. The van der Waals surface area contributed by atoms with Crippen LogP contribution in [0.25, 0.3) is 11.3 Å². The number of anilines is 3. The van der Waals surface area contributed by atoms with E-state index in [9.17, 15) is 0 Å². The summed E-state index contributed by atoms with van der Waals surface area (Å²) < 4.78 is 0. The minimum Gasteiger partial charge on any atom is -0.350 e. The van der Waals surface area contributed by atoms with Crippen LogP contribution in [0.4, 0.5) is 17.5 Å². The summed E-state index contributed by atoms with van der Waals surface area (Å²) in [5.74, 6) is 1.22. The fourth-order valence-corrected chi connectivity index (χ4v) is 2.46. The van der Waals surface area contributed by atoms with E-state index in [1.165, 1.54) is 0 Å². The zero-order valence-electron chi connectivity index (χ0n) is 14.4. The molecular weight excluding hydrogens is 334 g/mol. The minimum absolute atomic E-state index is 0.154. The lowest BCUT2D eigenvalue weighted by Crippen LogP contribution is -2.27. The lowest BCUT2D eigenvalue weighted by atomic mass is 10.1. The van der Waals surface area contributed by atoms with Gasteiger partial charge in [-0.15, -0.1) is 0 Å². The van der Waals surface area contributed by atoms with Gasteiger partial charge < -0.3 is 10.6 Å². The van der Waals surface area contributed by atoms with Gasteiger partial charge in [0.25, 0.3) is 0 Å². The molecule has 0 fully saturated rings. The summed E-state index contributed by atoms with van der Waals surface area (Å²) in [5.41, 5.74) is 2.42. The number of pyridine rings is 1. The Hall–Kier alpha value is -2.66. The number of aromatic nitrogens is 3. The van der Waals surface area contributed by atoms with Gasteiger partial charge in [0, 0.05) is 29.6 Å². The Morgan fingerprint density at radius 2 is 1.68 bits per heavy atom. The fraction of sp³-hybridized carbons (Fsp3) is 0.211. The third-order valence-corrected chi connectivity index (χ3v) is 3.66. The minimum atomic E-state index is -0.154. The first-order chi connectivity index (χ1) is 11.9. The molecule has 0 aliphatic carbocycles. The van der Waals surface area contributed by atoms with Crippen LogP contribution in [0.1, 0.15) is 20.8 Å². The summed E-state index contributed by atoms with van der Waals surface area (Å²) in [7, 11) is 0. The van der Waals surface area contributed by atoms with Crippen molar-refractivity contribution in [3.63, 3.8) is 0 Å². The lowest BCUT2D eigenvalue weighted by Gasteiger charge is -2.21. The van der Waals surface area contributed by atoms with E-state index in [1.807, 2.05) is 42.5 Å². The van der Waals surface area contributed by atoms with E-state index >= 15 is 0 Å². The molecule has 0 bridgehead atoms. The first-order valence-electron chi connectivity index (χ1n) is 8.00. The molecule has 0 unspecified atom stereocenters. The summed E-state index contributed by atoms with van der Waals surface area (Å²) in [6.45, 7) is 6.20. The molecule has 25 heavy (non-hydrogen) atoms. The molecule has 0 amide bonds. The van der Waals surface area contributed by atoms with Crippen molar-refractivity contribution in [2.45, 2.75) is 26.3 Å². The SMILES string of the molecule is CC(C)(C)Nc1nc(Nc2ccccc2Cl)cc(-c2ccncc2)n1. The predicted octanol–water partition coefficient (Wildman–Crippen LogP) is 5.15. The highest BCUT2D eigenvalue weighted by Gasteiger charge is 2.14. The van der Waals surface area contributed by atoms with E-state index in [2.05, 4.69) is 46.4 Å².